The van der Waals surface area contributed by atoms with Crippen LogP contribution in [0.3, 0.4) is 0 Å². The van der Waals surface area contributed by atoms with Gasteiger partial charge in [-0.1, -0.05) is 96.5 Å². The molecule has 1 aromatic heterocycles. The minimum Gasteiger partial charge on any atom is -0.133 e. The van der Waals surface area contributed by atoms with Gasteiger partial charge in [-0.2, -0.15) is 0 Å². The van der Waals surface area contributed by atoms with E-state index < -0.39 is 0 Å². The van der Waals surface area contributed by atoms with Crippen molar-refractivity contribution < 1.29 is 0 Å². The van der Waals surface area contributed by atoms with Gasteiger partial charge in [-0.3, -0.25) is 0 Å². The number of hydrogen-bond acceptors (Lipinski definition) is 1. The lowest BCUT2D eigenvalue weighted by Crippen LogP contribution is -1.80. The molecule has 0 saturated heterocycles. The Hall–Kier alpha value is -2.61. The molecule has 0 aliphatic rings. The van der Waals surface area contributed by atoms with Crippen LogP contribution < -0.4 is 0 Å². The van der Waals surface area contributed by atoms with Gasteiger partial charge in [-0.25, -0.2) is 0 Å². The monoisotopic (exact) mass is 370 g/mol. The second-order valence-corrected chi connectivity index (χ2v) is 7.77. The van der Waals surface area contributed by atoms with Crippen molar-refractivity contribution in [2.24, 2.45) is 0 Å². The molecule has 5 aromatic rings. The molecule has 26 heavy (non-hydrogen) atoms. The van der Waals surface area contributed by atoms with Crippen LogP contribution in [0.25, 0.3) is 42.4 Å². The number of benzene rings is 4. The zero-order valence-corrected chi connectivity index (χ0v) is 15.5. The number of thiophene rings is 1. The normalized spacial score (nSPS) is 11.3. The molecular weight excluding hydrogens is 356 g/mol. The van der Waals surface area contributed by atoms with E-state index in [1.807, 2.05) is 18.2 Å². The van der Waals surface area contributed by atoms with Crippen LogP contribution >= 0.6 is 22.9 Å². The Morgan fingerprint density at radius 3 is 1.88 bits per heavy atom. The molecule has 2 heteroatoms. The Kier molecular flexibility index (Phi) is 3.77. The van der Waals surface area contributed by atoms with Crippen molar-refractivity contribution in [3.8, 4) is 22.3 Å². The average Bonchev–Trinajstić information content (AvgIpc) is 3.09. The highest BCUT2D eigenvalue weighted by Crippen LogP contribution is 2.42. The molecule has 0 saturated carbocycles. The molecule has 1 heterocycles. The second-order valence-electron chi connectivity index (χ2n) is 6.34. The van der Waals surface area contributed by atoms with Crippen molar-refractivity contribution in [1.29, 1.82) is 0 Å². The van der Waals surface area contributed by atoms with Crippen LogP contribution in [0.1, 0.15) is 0 Å². The zero-order chi connectivity index (χ0) is 17.5. The van der Waals surface area contributed by atoms with E-state index in [4.69, 9.17) is 11.6 Å². The van der Waals surface area contributed by atoms with E-state index in [1.165, 1.54) is 37.7 Å². The van der Waals surface area contributed by atoms with Gasteiger partial charge in [0.15, 0.2) is 0 Å². The van der Waals surface area contributed by atoms with Crippen LogP contribution in [-0.2, 0) is 0 Å². The number of hydrogen-bond donors (Lipinski definition) is 0. The van der Waals surface area contributed by atoms with Crippen molar-refractivity contribution in [3.63, 3.8) is 0 Å². The Morgan fingerprint density at radius 2 is 1.12 bits per heavy atom. The maximum atomic E-state index is 6.43. The third-order valence-electron chi connectivity index (χ3n) is 4.78. The van der Waals surface area contributed by atoms with E-state index in [1.54, 1.807) is 11.3 Å². The summed E-state index contributed by atoms with van der Waals surface area (Å²) >= 11 is 8.20. The molecule has 4 aromatic carbocycles. The molecule has 0 spiro atoms. The summed E-state index contributed by atoms with van der Waals surface area (Å²) in [6, 6.07) is 32.0. The summed E-state index contributed by atoms with van der Waals surface area (Å²) in [4.78, 5) is 0. The predicted octanol–water partition coefficient (Wildman–Crippen LogP) is 8.04. The topological polar surface area (TPSA) is 0 Å². The van der Waals surface area contributed by atoms with E-state index in [0.29, 0.717) is 0 Å². The number of fused-ring (bicyclic) bond motifs is 3. The van der Waals surface area contributed by atoms with Crippen molar-refractivity contribution in [3.05, 3.63) is 96.0 Å². The first-order chi connectivity index (χ1) is 12.8. The molecule has 0 bridgehead atoms. The Labute approximate surface area is 161 Å². The highest BCUT2D eigenvalue weighted by atomic mass is 35.5. The van der Waals surface area contributed by atoms with Gasteiger partial charge >= 0.3 is 0 Å². The number of halogens is 1. The van der Waals surface area contributed by atoms with Crippen LogP contribution in [0, 0.1) is 0 Å². The van der Waals surface area contributed by atoms with Crippen molar-refractivity contribution in [2.45, 2.75) is 0 Å². The van der Waals surface area contributed by atoms with E-state index in [2.05, 4.69) is 72.8 Å². The van der Waals surface area contributed by atoms with E-state index in [0.717, 1.165) is 9.72 Å². The fourth-order valence-electron chi connectivity index (χ4n) is 3.49. The maximum absolute atomic E-state index is 6.43. The first-order valence-electron chi connectivity index (χ1n) is 8.57. The molecule has 0 aliphatic carbocycles. The van der Waals surface area contributed by atoms with Crippen LogP contribution in [0.15, 0.2) is 91.0 Å². The van der Waals surface area contributed by atoms with Crippen LogP contribution in [0.2, 0.25) is 5.02 Å². The second kappa shape index (κ2) is 6.28. The largest absolute Gasteiger partial charge is 0.133 e. The lowest BCUT2D eigenvalue weighted by Gasteiger charge is -2.06. The Morgan fingerprint density at radius 1 is 0.500 bits per heavy atom. The minimum absolute atomic E-state index is 0.828. The number of rotatable bonds is 2. The van der Waals surface area contributed by atoms with Gasteiger partial charge in [0.2, 0.25) is 0 Å². The van der Waals surface area contributed by atoms with Crippen molar-refractivity contribution in [1.82, 2.24) is 0 Å². The Bertz CT molecular complexity index is 1220. The minimum atomic E-state index is 0.828. The molecule has 124 valence electrons. The SMILES string of the molecule is Clc1cccc2c1sc1c(-c3ccc(-c4ccccc4)cc3)cccc12. The Balaban J connectivity index is 1.67. The molecule has 0 amide bonds. The van der Waals surface area contributed by atoms with Gasteiger partial charge < -0.3 is 0 Å². The first-order valence-corrected chi connectivity index (χ1v) is 9.76. The quantitative estimate of drug-likeness (QED) is 0.295. The van der Waals surface area contributed by atoms with Gasteiger partial charge in [0.25, 0.3) is 0 Å². The summed E-state index contributed by atoms with van der Waals surface area (Å²) in [6.45, 7) is 0. The molecule has 0 aliphatic heterocycles. The van der Waals surface area contributed by atoms with E-state index >= 15 is 0 Å². The molecule has 0 unspecified atom stereocenters. The highest BCUT2D eigenvalue weighted by Gasteiger charge is 2.12. The highest BCUT2D eigenvalue weighted by molar-refractivity contribution is 7.26. The fourth-order valence-corrected chi connectivity index (χ4v) is 5.02. The lowest BCUT2D eigenvalue weighted by molar-refractivity contribution is 1.61. The third kappa shape index (κ3) is 2.52. The van der Waals surface area contributed by atoms with E-state index in [-0.39, 0.29) is 0 Å². The summed E-state index contributed by atoms with van der Waals surface area (Å²) in [5.74, 6) is 0. The summed E-state index contributed by atoms with van der Waals surface area (Å²) in [7, 11) is 0. The van der Waals surface area contributed by atoms with E-state index in [9.17, 15) is 0 Å². The van der Waals surface area contributed by atoms with Crippen molar-refractivity contribution >= 4 is 43.1 Å². The molecular formula is C24H15ClS. The van der Waals surface area contributed by atoms with Gasteiger partial charge in [0.05, 0.1) is 9.72 Å². The molecule has 5 rings (SSSR count). The van der Waals surface area contributed by atoms with Gasteiger partial charge in [0.1, 0.15) is 0 Å². The van der Waals surface area contributed by atoms with Gasteiger partial charge in [0, 0.05) is 15.5 Å². The lowest BCUT2D eigenvalue weighted by atomic mass is 9.99. The molecule has 0 nitrogen and oxygen atoms in total. The maximum Gasteiger partial charge on any atom is 0.0584 e. The van der Waals surface area contributed by atoms with Crippen molar-refractivity contribution in [2.75, 3.05) is 0 Å². The van der Waals surface area contributed by atoms with Crippen LogP contribution in [-0.4, -0.2) is 0 Å². The summed E-state index contributed by atoms with van der Waals surface area (Å²) in [5.41, 5.74) is 4.98. The molecule has 0 fully saturated rings. The predicted molar refractivity (Wildman–Crippen MR) is 115 cm³/mol. The third-order valence-corrected chi connectivity index (χ3v) is 6.49. The molecule has 0 radical (unpaired) electrons. The molecule has 0 N–H and O–H groups in total. The van der Waals surface area contributed by atoms with Gasteiger partial charge in [-0.15, -0.1) is 11.3 Å². The first kappa shape index (κ1) is 15.6. The zero-order valence-electron chi connectivity index (χ0n) is 13.9. The standard InChI is InChI=1S/C24H15ClS/c25-22-11-5-10-21-20-9-4-8-19(23(20)26-24(21)22)18-14-12-17(13-15-18)16-6-2-1-3-7-16/h1-15H. The van der Waals surface area contributed by atoms with Crippen LogP contribution in [0.5, 0.6) is 0 Å². The summed E-state index contributed by atoms with van der Waals surface area (Å²) in [6.07, 6.45) is 0. The average molecular weight is 371 g/mol. The summed E-state index contributed by atoms with van der Waals surface area (Å²) < 4.78 is 2.46. The fraction of sp³-hybridized carbons (Fsp3) is 0. The molecule has 0 atom stereocenters. The summed E-state index contributed by atoms with van der Waals surface area (Å²) in [5, 5.41) is 3.34. The smallest absolute Gasteiger partial charge is 0.0584 e. The van der Waals surface area contributed by atoms with Crippen LogP contribution in [0.4, 0.5) is 0 Å². The van der Waals surface area contributed by atoms with Gasteiger partial charge in [-0.05, 0) is 28.3 Å².